The van der Waals surface area contributed by atoms with E-state index in [0.717, 1.165) is 16.9 Å². The molecule has 0 N–H and O–H groups in total. The fraction of sp³-hybridized carbons (Fsp3) is 0.188. The van der Waals surface area contributed by atoms with Gasteiger partial charge in [-0.1, -0.05) is 11.6 Å². The highest BCUT2D eigenvalue weighted by Crippen LogP contribution is 2.24. The van der Waals surface area contributed by atoms with Crippen molar-refractivity contribution in [3.8, 4) is 17.6 Å². The summed E-state index contributed by atoms with van der Waals surface area (Å²) in [5, 5.41) is 9.64. The van der Waals surface area contributed by atoms with Crippen LogP contribution in [0.3, 0.4) is 0 Å². The zero-order valence-electron chi connectivity index (χ0n) is 11.3. The summed E-state index contributed by atoms with van der Waals surface area (Å²) >= 11 is 5.97. The van der Waals surface area contributed by atoms with E-state index in [1.54, 1.807) is 31.4 Å². The van der Waals surface area contributed by atoms with Crippen molar-refractivity contribution in [1.29, 1.82) is 5.26 Å². The van der Waals surface area contributed by atoms with Gasteiger partial charge >= 0.3 is 0 Å². The van der Waals surface area contributed by atoms with E-state index >= 15 is 0 Å². The quantitative estimate of drug-likeness (QED) is 0.850. The largest absolute Gasteiger partial charge is 0.496 e. The summed E-state index contributed by atoms with van der Waals surface area (Å²) in [6.07, 6.45) is 0. The number of methoxy groups -OCH3 is 1. The Labute approximate surface area is 123 Å². The van der Waals surface area contributed by atoms with Gasteiger partial charge in [-0.15, -0.1) is 0 Å². The van der Waals surface area contributed by atoms with Gasteiger partial charge in [0.15, 0.2) is 0 Å². The molecule has 2 aromatic rings. The minimum absolute atomic E-state index is 0.333. The van der Waals surface area contributed by atoms with Gasteiger partial charge in [0.25, 0.3) is 0 Å². The number of rotatable bonds is 4. The molecule has 0 spiro atoms. The van der Waals surface area contributed by atoms with Crippen molar-refractivity contribution in [3.05, 3.63) is 58.1 Å². The van der Waals surface area contributed by atoms with Crippen LogP contribution < -0.4 is 9.47 Å². The van der Waals surface area contributed by atoms with Crippen LogP contribution in [0.15, 0.2) is 36.4 Å². The molecule has 20 heavy (non-hydrogen) atoms. The smallest absolute Gasteiger partial charge is 0.125 e. The number of aryl methyl sites for hydroxylation is 1. The molecule has 4 heteroatoms. The van der Waals surface area contributed by atoms with Crippen molar-refractivity contribution in [2.75, 3.05) is 7.11 Å². The average Bonchev–Trinajstić information content (AvgIpc) is 2.48. The van der Waals surface area contributed by atoms with Crippen molar-refractivity contribution in [1.82, 2.24) is 0 Å². The molecule has 0 radical (unpaired) electrons. The van der Waals surface area contributed by atoms with Crippen molar-refractivity contribution in [2.45, 2.75) is 13.5 Å². The molecule has 0 aromatic heterocycles. The summed E-state index contributed by atoms with van der Waals surface area (Å²) in [4.78, 5) is 0. The normalized spacial score (nSPS) is 9.90. The Morgan fingerprint density at radius 3 is 2.65 bits per heavy atom. The highest BCUT2D eigenvalue weighted by atomic mass is 35.5. The summed E-state index contributed by atoms with van der Waals surface area (Å²) in [6, 6.07) is 12.8. The maximum absolute atomic E-state index is 8.93. The number of ether oxygens (including phenoxy) is 2. The van der Waals surface area contributed by atoms with Gasteiger partial charge in [0.1, 0.15) is 18.1 Å². The van der Waals surface area contributed by atoms with Crippen LogP contribution in [0.5, 0.6) is 11.5 Å². The third-order valence-electron chi connectivity index (χ3n) is 2.93. The maximum atomic E-state index is 8.93. The van der Waals surface area contributed by atoms with Crippen molar-refractivity contribution in [3.63, 3.8) is 0 Å². The molecule has 0 saturated heterocycles. The minimum atomic E-state index is 0.333. The second-order valence-corrected chi connectivity index (χ2v) is 4.75. The first-order valence-corrected chi connectivity index (χ1v) is 6.48. The fourth-order valence-electron chi connectivity index (χ4n) is 1.83. The van der Waals surface area contributed by atoms with Crippen LogP contribution in [0.2, 0.25) is 5.02 Å². The van der Waals surface area contributed by atoms with Gasteiger partial charge < -0.3 is 9.47 Å². The lowest BCUT2D eigenvalue weighted by Crippen LogP contribution is -1.99. The zero-order valence-corrected chi connectivity index (χ0v) is 12.1. The molecule has 2 rings (SSSR count). The van der Waals surface area contributed by atoms with E-state index in [9.17, 15) is 0 Å². The molecule has 0 heterocycles. The molecule has 0 aliphatic rings. The van der Waals surface area contributed by atoms with E-state index < -0.39 is 0 Å². The molecular formula is C16H14ClNO2. The lowest BCUT2D eigenvalue weighted by Gasteiger charge is -2.11. The Morgan fingerprint density at radius 1 is 1.20 bits per heavy atom. The third-order valence-corrected chi connectivity index (χ3v) is 3.36. The van der Waals surface area contributed by atoms with Crippen molar-refractivity contribution >= 4 is 11.6 Å². The Balaban J connectivity index is 2.17. The summed E-state index contributed by atoms with van der Waals surface area (Å²) in [5.74, 6) is 1.44. The highest BCUT2D eigenvalue weighted by molar-refractivity contribution is 6.31. The Bertz CT molecular complexity index is 662. The topological polar surface area (TPSA) is 42.2 Å². The summed E-state index contributed by atoms with van der Waals surface area (Å²) in [7, 11) is 1.59. The molecular weight excluding hydrogens is 274 g/mol. The summed E-state index contributed by atoms with van der Waals surface area (Å²) < 4.78 is 11.0. The van der Waals surface area contributed by atoms with Gasteiger partial charge in [-0.05, 0) is 48.9 Å². The molecule has 0 saturated carbocycles. The van der Waals surface area contributed by atoms with E-state index in [0.29, 0.717) is 22.9 Å². The lowest BCUT2D eigenvalue weighted by molar-refractivity contribution is 0.296. The number of benzene rings is 2. The van der Waals surface area contributed by atoms with Gasteiger partial charge in [0.2, 0.25) is 0 Å². The molecule has 2 aromatic carbocycles. The van der Waals surface area contributed by atoms with E-state index in [-0.39, 0.29) is 0 Å². The number of nitriles is 1. The third kappa shape index (κ3) is 3.23. The molecule has 0 atom stereocenters. The minimum Gasteiger partial charge on any atom is -0.496 e. The second kappa shape index (κ2) is 6.31. The first kappa shape index (κ1) is 14.2. The fourth-order valence-corrected chi connectivity index (χ4v) is 1.95. The molecule has 0 bridgehead atoms. The van der Waals surface area contributed by atoms with Crippen molar-refractivity contribution < 1.29 is 9.47 Å². The van der Waals surface area contributed by atoms with Crippen LogP contribution >= 0.6 is 11.6 Å². The first-order chi connectivity index (χ1) is 9.63. The number of nitrogens with zero attached hydrogens (tertiary/aromatic N) is 1. The number of halogens is 1. The van der Waals surface area contributed by atoms with E-state index in [1.165, 1.54) is 0 Å². The van der Waals surface area contributed by atoms with Crippen LogP contribution in [0.4, 0.5) is 0 Å². The monoisotopic (exact) mass is 287 g/mol. The van der Waals surface area contributed by atoms with Gasteiger partial charge in [-0.25, -0.2) is 0 Å². The molecule has 102 valence electrons. The van der Waals surface area contributed by atoms with Crippen LogP contribution in [0.1, 0.15) is 16.7 Å². The van der Waals surface area contributed by atoms with Crippen LogP contribution in [0.25, 0.3) is 0 Å². The molecule has 3 nitrogen and oxygen atoms in total. The Hall–Kier alpha value is -2.18. The predicted octanol–water partition coefficient (Wildman–Crippen LogP) is 4.11. The number of hydrogen-bond donors (Lipinski definition) is 0. The van der Waals surface area contributed by atoms with E-state index in [4.69, 9.17) is 26.3 Å². The SMILES string of the molecule is COc1ccc(C#N)cc1COc1ccc(Cl)c(C)c1. The standard InChI is InChI=1S/C16H14ClNO2/c1-11-7-14(4-5-15(11)17)20-10-13-8-12(9-18)3-6-16(13)19-2/h3-8H,10H2,1-2H3. The Morgan fingerprint density at radius 2 is 2.00 bits per heavy atom. The lowest BCUT2D eigenvalue weighted by atomic mass is 10.1. The second-order valence-electron chi connectivity index (χ2n) is 4.34. The zero-order chi connectivity index (χ0) is 14.5. The molecule has 0 unspecified atom stereocenters. The molecule has 0 amide bonds. The first-order valence-electron chi connectivity index (χ1n) is 6.10. The highest BCUT2D eigenvalue weighted by Gasteiger charge is 2.06. The predicted molar refractivity (Wildman–Crippen MR) is 78.2 cm³/mol. The van der Waals surface area contributed by atoms with Gasteiger partial charge in [0.05, 0.1) is 18.7 Å². The van der Waals surface area contributed by atoms with E-state index in [2.05, 4.69) is 6.07 Å². The molecule has 0 aliphatic heterocycles. The van der Waals surface area contributed by atoms with Gasteiger partial charge in [-0.3, -0.25) is 0 Å². The summed E-state index contributed by atoms with van der Waals surface area (Å²) in [5.41, 5.74) is 2.37. The van der Waals surface area contributed by atoms with Crippen LogP contribution in [-0.2, 0) is 6.61 Å². The van der Waals surface area contributed by atoms with Crippen molar-refractivity contribution in [2.24, 2.45) is 0 Å². The molecule has 0 aliphatic carbocycles. The van der Waals surface area contributed by atoms with Crippen LogP contribution in [0, 0.1) is 18.3 Å². The Kier molecular flexibility index (Phi) is 4.49. The summed E-state index contributed by atoms with van der Waals surface area (Å²) in [6.45, 7) is 2.26. The van der Waals surface area contributed by atoms with E-state index in [1.807, 2.05) is 19.1 Å². The van der Waals surface area contributed by atoms with Gasteiger partial charge in [-0.2, -0.15) is 5.26 Å². The average molecular weight is 288 g/mol. The molecule has 0 fully saturated rings. The maximum Gasteiger partial charge on any atom is 0.125 e. The van der Waals surface area contributed by atoms with Crippen LogP contribution in [-0.4, -0.2) is 7.11 Å². The number of hydrogen-bond acceptors (Lipinski definition) is 3. The van der Waals surface area contributed by atoms with Gasteiger partial charge in [0, 0.05) is 10.6 Å².